The standard InChI is InChI=1S/C39H33N3O4S3/c1-3-5-7-27-28-13-16-47-38(28)29(8-6-4-2)39-30(27)21-37(49-39)36-10-9-35(48-36)24-11-14-40-31(17-24)33-19-26(46-23-44)20-34(42-33)32-18-25(45-22-43)12-15-41-32/h9-23H,3-8H2,1-2H3. The van der Waals surface area contributed by atoms with E-state index in [1.165, 1.54) is 72.9 Å². The zero-order chi connectivity index (χ0) is 33.7. The van der Waals surface area contributed by atoms with Crippen LogP contribution < -0.4 is 9.47 Å². The van der Waals surface area contributed by atoms with E-state index in [1.807, 2.05) is 34.8 Å². The first-order chi connectivity index (χ1) is 24.1. The summed E-state index contributed by atoms with van der Waals surface area (Å²) >= 11 is 5.59. The predicted molar refractivity (Wildman–Crippen MR) is 201 cm³/mol. The van der Waals surface area contributed by atoms with E-state index in [-0.39, 0.29) is 0 Å². The van der Waals surface area contributed by atoms with Crippen LogP contribution in [-0.4, -0.2) is 27.9 Å². The number of rotatable bonds is 14. The summed E-state index contributed by atoms with van der Waals surface area (Å²) < 4.78 is 13.1. The van der Waals surface area contributed by atoms with Gasteiger partial charge in [-0.1, -0.05) is 26.7 Å². The number of ether oxygens (including phenoxy) is 2. The molecule has 0 saturated heterocycles. The Morgan fingerprint density at radius 3 is 2.06 bits per heavy atom. The molecule has 0 fully saturated rings. The molecule has 0 aliphatic heterocycles. The van der Waals surface area contributed by atoms with Crippen LogP contribution in [0.5, 0.6) is 11.5 Å². The normalized spacial score (nSPS) is 11.3. The summed E-state index contributed by atoms with van der Waals surface area (Å²) in [5.41, 5.74) is 6.05. The highest BCUT2D eigenvalue weighted by Gasteiger charge is 2.19. The Morgan fingerprint density at radius 2 is 1.31 bits per heavy atom. The van der Waals surface area contributed by atoms with E-state index in [9.17, 15) is 9.59 Å². The maximum atomic E-state index is 11.3. The van der Waals surface area contributed by atoms with Crippen LogP contribution in [0.2, 0.25) is 0 Å². The molecule has 0 unspecified atom stereocenters. The molecular weight excluding hydrogens is 671 g/mol. The summed E-state index contributed by atoms with van der Waals surface area (Å²) in [6.45, 7) is 5.26. The van der Waals surface area contributed by atoms with E-state index in [0.717, 1.165) is 23.3 Å². The van der Waals surface area contributed by atoms with Crippen LogP contribution in [0.3, 0.4) is 0 Å². The molecule has 0 radical (unpaired) electrons. The SMILES string of the molecule is CCCCc1c2ccsc2c(CCCC)c2sc(-c3ccc(-c4ccnc(-c5cc(OC=O)cc(-c6cc(OC=O)ccn6)n5)c4)s3)cc12. The molecule has 6 aromatic heterocycles. The van der Waals surface area contributed by atoms with Crippen LogP contribution in [-0.2, 0) is 22.4 Å². The minimum atomic E-state index is 0.297. The molecule has 49 heavy (non-hydrogen) atoms. The fourth-order valence-corrected chi connectivity index (χ4v) is 9.53. The topological polar surface area (TPSA) is 91.3 Å². The van der Waals surface area contributed by atoms with Gasteiger partial charge in [0.15, 0.2) is 0 Å². The van der Waals surface area contributed by atoms with Crippen LogP contribution in [0.4, 0.5) is 0 Å². The van der Waals surface area contributed by atoms with Gasteiger partial charge in [-0.25, -0.2) is 4.98 Å². The lowest BCUT2D eigenvalue weighted by molar-refractivity contribution is -0.121. The molecule has 0 aliphatic rings. The van der Waals surface area contributed by atoms with Crippen molar-refractivity contribution in [2.45, 2.75) is 52.4 Å². The number of thiophene rings is 3. The summed E-state index contributed by atoms with van der Waals surface area (Å²) in [6.07, 6.45) is 10.2. The molecule has 1 aromatic carbocycles. The Balaban J connectivity index is 1.26. The average molecular weight is 704 g/mol. The predicted octanol–water partition coefficient (Wildman–Crippen LogP) is 10.8. The van der Waals surface area contributed by atoms with Crippen LogP contribution in [0.25, 0.3) is 63.1 Å². The van der Waals surface area contributed by atoms with Gasteiger partial charge >= 0.3 is 0 Å². The molecule has 0 bridgehead atoms. The van der Waals surface area contributed by atoms with Gasteiger partial charge in [0.1, 0.15) is 11.5 Å². The summed E-state index contributed by atoms with van der Waals surface area (Å²) in [6, 6.07) is 19.6. The van der Waals surface area contributed by atoms with Gasteiger partial charge in [-0.2, -0.15) is 0 Å². The fraction of sp³-hybridized carbons (Fsp3) is 0.205. The summed E-state index contributed by atoms with van der Waals surface area (Å²) in [7, 11) is 0. The number of carbonyl (C=O) groups is 2. The lowest BCUT2D eigenvalue weighted by Crippen LogP contribution is -1.97. The van der Waals surface area contributed by atoms with Gasteiger partial charge in [-0.15, -0.1) is 34.0 Å². The van der Waals surface area contributed by atoms with Gasteiger partial charge in [0, 0.05) is 54.6 Å². The lowest BCUT2D eigenvalue weighted by Gasteiger charge is -2.11. The van der Waals surface area contributed by atoms with E-state index in [0.29, 0.717) is 47.2 Å². The largest absolute Gasteiger partial charge is 0.429 e. The van der Waals surface area contributed by atoms with Crippen LogP contribution in [0, 0.1) is 0 Å². The number of fused-ring (bicyclic) bond motifs is 2. The Hall–Kier alpha value is -4.77. The number of aromatic nitrogens is 3. The third kappa shape index (κ3) is 6.76. The molecule has 0 N–H and O–H groups in total. The van der Waals surface area contributed by atoms with Gasteiger partial charge in [0.05, 0.1) is 22.8 Å². The van der Waals surface area contributed by atoms with E-state index < -0.39 is 0 Å². The number of benzene rings is 1. The van der Waals surface area contributed by atoms with Crippen molar-refractivity contribution in [3.05, 3.63) is 89.6 Å². The van der Waals surface area contributed by atoms with Gasteiger partial charge in [0.2, 0.25) is 0 Å². The molecular formula is C39H33N3O4S3. The monoisotopic (exact) mass is 703 g/mol. The second-order valence-corrected chi connectivity index (χ2v) is 14.7. The molecule has 0 spiro atoms. The molecule has 6 heterocycles. The number of pyridine rings is 3. The fourth-order valence-electron chi connectivity index (χ4n) is 6.11. The Bertz CT molecular complexity index is 2230. The molecule has 7 nitrogen and oxygen atoms in total. The van der Waals surface area contributed by atoms with Crippen molar-refractivity contribution in [1.29, 1.82) is 0 Å². The zero-order valence-electron chi connectivity index (χ0n) is 27.1. The van der Waals surface area contributed by atoms with Crippen molar-refractivity contribution in [1.82, 2.24) is 15.0 Å². The van der Waals surface area contributed by atoms with Crippen molar-refractivity contribution in [2.75, 3.05) is 0 Å². The minimum absolute atomic E-state index is 0.297. The van der Waals surface area contributed by atoms with Crippen LogP contribution in [0.15, 0.2) is 78.4 Å². The molecule has 0 aliphatic carbocycles. The van der Waals surface area contributed by atoms with Crippen LogP contribution in [0.1, 0.15) is 50.7 Å². The second kappa shape index (κ2) is 14.8. The average Bonchev–Trinajstić information content (AvgIpc) is 3.91. The minimum Gasteiger partial charge on any atom is -0.429 e. The Morgan fingerprint density at radius 1 is 0.633 bits per heavy atom. The van der Waals surface area contributed by atoms with Crippen molar-refractivity contribution in [3.63, 3.8) is 0 Å². The molecule has 10 heteroatoms. The van der Waals surface area contributed by atoms with E-state index in [4.69, 9.17) is 14.5 Å². The van der Waals surface area contributed by atoms with E-state index >= 15 is 0 Å². The number of nitrogens with zero attached hydrogens (tertiary/aromatic N) is 3. The number of hydrogen-bond acceptors (Lipinski definition) is 10. The van der Waals surface area contributed by atoms with Crippen molar-refractivity contribution in [2.24, 2.45) is 0 Å². The molecule has 0 saturated carbocycles. The molecule has 246 valence electrons. The first-order valence-corrected chi connectivity index (χ1v) is 18.8. The summed E-state index contributed by atoms with van der Waals surface area (Å²) in [5.74, 6) is 0.622. The first kappa shape index (κ1) is 32.8. The number of hydrogen-bond donors (Lipinski definition) is 0. The van der Waals surface area contributed by atoms with Crippen LogP contribution >= 0.6 is 34.0 Å². The summed E-state index contributed by atoms with van der Waals surface area (Å²) in [5, 5.41) is 5.12. The third-order valence-electron chi connectivity index (χ3n) is 8.47. The first-order valence-electron chi connectivity index (χ1n) is 16.3. The van der Waals surface area contributed by atoms with Crippen molar-refractivity contribution < 1.29 is 19.1 Å². The molecule has 7 aromatic rings. The highest BCUT2D eigenvalue weighted by molar-refractivity contribution is 7.27. The number of aryl methyl sites for hydroxylation is 2. The summed E-state index contributed by atoms with van der Waals surface area (Å²) in [4.78, 5) is 39.6. The van der Waals surface area contributed by atoms with Gasteiger partial charge in [0.25, 0.3) is 12.9 Å². The second-order valence-electron chi connectivity index (χ2n) is 11.7. The molecule has 7 rings (SSSR count). The highest BCUT2D eigenvalue weighted by Crippen LogP contribution is 2.46. The van der Waals surface area contributed by atoms with Crippen molar-refractivity contribution in [3.8, 4) is 54.5 Å². The quantitative estimate of drug-likeness (QED) is 0.104. The smallest absolute Gasteiger partial charge is 0.298 e. The van der Waals surface area contributed by atoms with Crippen molar-refractivity contribution >= 4 is 67.1 Å². The molecule has 0 amide bonds. The number of unbranched alkanes of at least 4 members (excludes halogenated alkanes) is 2. The van der Waals surface area contributed by atoms with Gasteiger partial charge in [-0.05, 0) is 101 Å². The van der Waals surface area contributed by atoms with Gasteiger partial charge < -0.3 is 9.47 Å². The Labute approximate surface area is 296 Å². The lowest BCUT2D eigenvalue weighted by atomic mass is 9.95. The highest BCUT2D eigenvalue weighted by atomic mass is 32.1. The maximum Gasteiger partial charge on any atom is 0.298 e. The third-order valence-corrected chi connectivity index (χ3v) is 12.0. The van der Waals surface area contributed by atoms with Gasteiger partial charge in [-0.3, -0.25) is 19.6 Å². The maximum absolute atomic E-state index is 11.3. The van der Waals surface area contributed by atoms with E-state index in [2.05, 4.69) is 53.5 Å². The molecule has 0 atom stereocenters. The number of carbonyl (C=O) groups excluding carboxylic acids is 2. The zero-order valence-corrected chi connectivity index (χ0v) is 29.6. The van der Waals surface area contributed by atoms with E-state index in [1.54, 1.807) is 41.8 Å². The Kier molecular flexibility index (Phi) is 9.88.